The van der Waals surface area contributed by atoms with Crippen molar-refractivity contribution in [1.82, 2.24) is 9.55 Å². The van der Waals surface area contributed by atoms with Crippen LogP contribution in [0.25, 0.3) is 27.9 Å². The Kier molecular flexibility index (Phi) is 4.67. The summed E-state index contributed by atoms with van der Waals surface area (Å²) in [6, 6.07) is 16.0. The molecule has 140 valence electrons. The second-order valence-electron chi connectivity index (χ2n) is 6.10. The van der Waals surface area contributed by atoms with E-state index in [0.29, 0.717) is 33.8 Å². The fourth-order valence-corrected chi connectivity index (χ4v) is 3.21. The Balaban J connectivity index is 1.73. The summed E-state index contributed by atoms with van der Waals surface area (Å²) >= 11 is 5.40. The van der Waals surface area contributed by atoms with Crippen LogP contribution in [0.3, 0.4) is 0 Å². The monoisotopic (exact) mass is 392 g/mol. The van der Waals surface area contributed by atoms with E-state index in [2.05, 4.69) is 4.98 Å². The number of nitrogens with zero attached hydrogens (tertiary/aromatic N) is 1. The Labute approximate surface area is 165 Å². The highest BCUT2D eigenvalue weighted by atomic mass is 32.1. The highest BCUT2D eigenvalue weighted by Crippen LogP contribution is 2.22. The van der Waals surface area contributed by atoms with Gasteiger partial charge < -0.3 is 14.1 Å². The molecule has 0 fully saturated rings. The highest BCUT2D eigenvalue weighted by Gasteiger charge is 2.12. The van der Waals surface area contributed by atoms with Crippen LogP contribution in [0.15, 0.2) is 70.0 Å². The lowest BCUT2D eigenvalue weighted by molar-refractivity contribution is 0.0526. The number of hydrogen-bond donors (Lipinski definition) is 1. The molecule has 2 aromatic carbocycles. The third kappa shape index (κ3) is 3.27. The van der Waals surface area contributed by atoms with Gasteiger partial charge in [0.05, 0.1) is 23.4 Å². The van der Waals surface area contributed by atoms with Gasteiger partial charge in [-0.05, 0) is 55.5 Å². The van der Waals surface area contributed by atoms with Gasteiger partial charge in [0.2, 0.25) is 0 Å². The summed E-state index contributed by atoms with van der Waals surface area (Å²) in [7, 11) is 0. The van der Waals surface area contributed by atoms with Crippen molar-refractivity contribution < 1.29 is 13.9 Å². The van der Waals surface area contributed by atoms with E-state index < -0.39 is 5.63 Å². The molecule has 0 aliphatic rings. The number of H-pyrrole nitrogens is 1. The fraction of sp³-hybridized carbons (Fsp3) is 0.0952. The van der Waals surface area contributed by atoms with Gasteiger partial charge in [-0.2, -0.15) is 0 Å². The van der Waals surface area contributed by atoms with Gasteiger partial charge in [-0.15, -0.1) is 0 Å². The maximum Gasteiger partial charge on any atom is 0.345 e. The zero-order chi connectivity index (χ0) is 19.7. The summed E-state index contributed by atoms with van der Waals surface area (Å²) in [6.45, 7) is 2.08. The van der Waals surface area contributed by atoms with Gasteiger partial charge in [0.1, 0.15) is 5.58 Å². The Morgan fingerprint density at radius 2 is 1.93 bits per heavy atom. The molecule has 0 saturated carbocycles. The van der Waals surface area contributed by atoms with E-state index in [1.807, 2.05) is 18.2 Å². The number of esters is 1. The molecule has 2 aromatic heterocycles. The zero-order valence-corrected chi connectivity index (χ0v) is 15.8. The lowest BCUT2D eigenvalue weighted by Crippen LogP contribution is -2.04. The first-order valence-corrected chi connectivity index (χ1v) is 9.10. The first-order valence-electron chi connectivity index (χ1n) is 8.69. The number of carbonyl (C=O) groups excluding carboxylic acids is 1. The van der Waals surface area contributed by atoms with Crippen molar-refractivity contribution in [2.45, 2.75) is 6.92 Å². The molecule has 1 N–H and O–H groups in total. The van der Waals surface area contributed by atoms with Crippen LogP contribution >= 0.6 is 12.2 Å². The molecule has 4 rings (SSSR count). The minimum atomic E-state index is -0.445. The van der Waals surface area contributed by atoms with Crippen molar-refractivity contribution in [3.05, 3.63) is 81.5 Å². The summed E-state index contributed by atoms with van der Waals surface area (Å²) in [5, 5.41) is 0.822. The van der Waals surface area contributed by atoms with Gasteiger partial charge in [0.15, 0.2) is 4.77 Å². The van der Waals surface area contributed by atoms with E-state index in [0.717, 1.165) is 11.1 Å². The third-order valence-electron chi connectivity index (χ3n) is 4.31. The fourth-order valence-electron chi connectivity index (χ4n) is 2.95. The molecule has 0 aliphatic carbocycles. The average molecular weight is 392 g/mol. The van der Waals surface area contributed by atoms with Gasteiger partial charge in [-0.25, -0.2) is 9.59 Å². The van der Waals surface area contributed by atoms with Gasteiger partial charge >= 0.3 is 11.6 Å². The van der Waals surface area contributed by atoms with E-state index in [9.17, 15) is 9.59 Å². The number of aromatic amines is 1. The summed E-state index contributed by atoms with van der Waals surface area (Å²) in [6.07, 6.45) is 1.74. The van der Waals surface area contributed by atoms with E-state index >= 15 is 0 Å². The number of aromatic nitrogens is 2. The summed E-state index contributed by atoms with van der Waals surface area (Å²) in [5.41, 5.74) is 2.25. The Hall–Kier alpha value is -3.45. The second kappa shape index (κ2) is 7.28. The third-order valence-corrected chi connectivity index (χ3v) is 4.61. The number of imidazole rings is 1. The summed E-state index contributed by atoms with van der Waals surface area (Å²) in [4.78, 5) is 27.2. The number of para-hydroxylation sites is 1. The van der Waals surface area contributed by atoms with Crippen molar-refractivity contribution in [2.75, 3.05) is 6.61 Å². The molecule has 0 amide bonds. The van der Waals surface area contributed by atoms with Gasteiger partial charge in [-0.3, -0.25) is 4.57 Å². The molecule has 2 heterocycles. The number of carbonyl (C=O) groups is 1. The van der Waals surface area contributed by atoms with Crippen molar-refractivity contribution >= 4 is 29.2 Å². The number of ether oxygens (including phenoxy) is 1. The minimum Gasteiger partial charge on any atom is -0.462 e. The van der Waals surface area contributed by atoms with Gasteiger partial charge in [-0.1, -0.05) is 18.2 Å². The molecule has 0 bridgehead atoms. The quantitative estimate of drug-likeness (QED) is 0.315. The standard InChI is InChI=1S/C21H16N2O4S/c1-2-26-19(24)13-7-9-15(10-8-13)23-12-17(22-21(23)28)16-11-14-5-3-4-6-18(14)27-20(16)25/h3-12H,2H2,1H3,(H,22,28). The molecule has 0 spiro atoms. The summed E-state index contributed by atoms with van der Waals surface area (Å²) < 4.78 is 12.5. The molecule has 0 aliphatic heterocycles. The van der Waals surface area contributed by atoms with E-state index in [4.69, 9.17) is 21.4 Å². The van der Waals surface area contributed by atoms with E-state index in [1.165, 1.54) is 0 Å². The number of rotatable bonds is 4. The number of hydrogen-bond acceptors (Lipinski definition) is 5. The minimum absolute atomic E-state index is 0.321. The van der Waals surface area contributed by atoms with Crippen LogP contribution in [-0.4, -0.2) is 22.1 Å². The predicted octanol–water partition coefficient (Wildman–Crippen LogP) is 4.48. The maximum absolute atomic E-state index is 12.4. The highest BCUT2D eigenvalue weighted by molar-refractivity contribution is 7.71. The van der Waals surface area contributed by atoms with Crippen LogP contribution < -0.4 is 5.63 Å². The number of fused-ring (bicyclic) bond motifs is 1. The van der Waals surface area contributed by atoms with Crippen molar-refractivity contribution in [1.29, 1.82) is 0 Å². The van der Waals surface area contributed by atoms with Gasteiger partial charge in [0, 0.05) is 17.3 Å². The smallest absolute Gasteiger partial charge is 0.345 e. The number of nitrogens with one attached hydrogen (secondary N) is 1. The van der Waals surface area contributed by atoms with Crippen molar-refractivity contribution in [3.63, 3.8) is 0 Å². The van der Waals surface area contributed by atoms with Crippen LogP contribution in [0.1, 0.15) is 17.3 Å². The Morgan fingerprint density at radius 1 is 1.18 bits per heavy atom. The van der Waals surface area contributed by atoms with Crippen molar-refractivity contribution in [3.8, 4) is 16.9 Å². The van der Waals surface area contributed by atoms with Crippen LogP contribution in [0.2, 0.25) is 0 Å². The average Bonchev–Trinajstić information content (AvgIpc) is 3.09. The number of benzene rings is 2. The normalized spacial score (nSPS) is 10.9. The van der Waals surface area contributed by atoms with Crippen LogP contribution in [-0.2, 0) is 4.74 Å². The second-order valence-corrected chi connectivity index (χ2v) is 6.48. The van der Waals surface area contributed by atoms with Crippen LogP contribution in [0.5, 0.6) is 0 Å². The zero-order valence-electron chi connectivity index (χ0n) is 15.0. The Bertz CT molecular complexity index is 1280. The lowest BCUT2D eigenvalue weighted by atomic mass is 10.1. The SMILES string of the molecule is CCOC(=O)c1ccc(-n2cc(-c3cc4ccccc4oc3=O)[nH]c2=S)cc1. The largest absolute Gasteiger partial charge is 0.462 e. The Morgan fingerprint density at radius 3 is 2.68 bits per heavy atom. The van der Waals surface area contributed by atoms with Crippen LogP contribution in [0, 0.1) is 4.77 Å². The maximum atomic E-state index is 12.4. The molecule has 0 radical (unpaired) electrons. The topological polar surface area (TPSA) is 77.2 Å². The lowest BCUT2D eigenvalue weighted by Gasteiger charge is -2.05. The van der Waals surface area contributed by atoms with Crippen LogP contribution in [0.4, 0.5) is 0 Å². The summed E-state index contributed by atoms with van der Waals surface area (Å²) in [5.74, 6) is -0.374. The molecule has 4 aromatic rings. The molecule has 0 saturated heterocycles. The van der Waals surface area contributed by atoms with Crippen molar-refractivity contribution in [2.24, 2.45) is 0 Å². The predicted molar refractivity (Wildman–Crippen MR) is 108 cm³/mol. The molecule has 0 unspecified atom stereocenters. The first-order chi connectivity index (χ1) is 13.6. The molecule has 7 heteroatoms. The molecular formula is C21H16N2O4S. The molecule has 28 heavy (non-hydrogen) atoms. The van der Waals surface area contributed by atoms with E-state index in [1.54, 1.807) is 54.1 Å². The molecule has 6 nitrogen and oxygen atoms in total. The first kappa shape index (κ1) is 17.9. The molecule has 0 atom stereocenters. The van der Waals surface area contributed by atoms with Gasteiger partial charge in [0.25, 0.3) is 0 Å². The molecular weight excluding hydrogens is 376 g/mol. The van der Waals surface area contributed by atoms with E-state index in [-0.39, 0.29) is 5.97 Å².